The molecule has 1 fully saturated rings. The summed E-state index contributed by atoms with van der Waals surface area (Å²) in [5.74, 6) is -2.17. The number of carbonyl (C=O) groups excluding carboxylic acids is 2. The van der Waals surface area contributed by atoms with Crippen LogP contribution in [-0.2, 0) is 16.0 Å². The van der Waals surface area contributed by atoms with Crippen molar-refractivity contribution in [3.05, 3.63) is 113 Å². The van der Waals surface area contributed by atoms with E-state index in [9.17, 15) is 19.1 Å². The lowest BCUT2D eigenvalue weighted by atomic mass is 9.95. The first-order valence-electron chi connectivity index (χ1n) is 10.7. The highest BCUT2D eigenvalue weighted by molar-refractivity contribution is 6.46. The number of likely N-dealkylation sites (tertiary alicyclic amines) is 1. The third-order valence-corrected chi connectivity index (χ3v) is 6.07. The van der Waals surface area contributed by atoms with Gasteiger partial charge in [-0.25, -0.2) is 4.39 Å². The molecular formula is C27H21FN2O3. The van der Waals surface area contributed by atoms with Gasteiger partial charge in [0, 0.05) is 29.2 Å². The van der Waals surface area contributed by atoms with E-state index in [0.717, 1.165) is 22.0 Å². The number of Topliss-reactive ketones (excluding diaryl/α,β-unsaturated/α-hetero) is 1. The Morgan fingerprint density at radius 2 is 1.64 bits per heavy atom. The lowest BCUT2D eigenvalue weighted by Gasteiger charge is -2.25. The first kappa shape index (κ1) is 20.7. The summed E-state index contributed by atoms with van der Waals surface area (Å²) in [4.78, 5) is 30.9. The molecule has 1 amide bonds. The average molecular weight is 440 g/mol. The van der Waals surface area contributed by atoms with Gasteiger partial charge in [0.15, 0.2) is 0 Å². The molecule has 1 aromatic heterocycles. The molecule has 4 aromatic rings. The second kappa shape index (κ2) is 8.39. The van der Waals surface area contributed by atoms with Crippen LogP contribution in [0.5, 0.6) is 0 Å². The van der Waals surface area contributed by atoms with Gasteiger partial charge in [0.2, 0.25) is 0 Å². The molecule has 2 N–H and O–H groups in total. The fourth-order valence-corrected chi connectivity index (χ4v) is 4.44. The zero-order valence-electron chi connectivity index (χ0n) is 17.7. The van der Waals surface area contributed by atoms with E-state index in [1.807, 2.05) is 60.8 Å². The van der Waals surface area contributed by atoms with Crippen LogP contribution >= 0.6 is 0 Å². The van der Waals surface area contributed by atoms with Gasteiger partial charge < -0.3 is 15.0 Å². The zero-order valence-corrected chi connectivity index (χ0v) is 17.7. The van der Waals surface area contributed by atoms with Crippen molar-refractivity contribution in [2.24, 2.45) is 0 Å². The first-order valence-corrected chi connectivity index (χ1v) is 10.7. The van der Waals surface area contributed by atoms with Crippen LogP contribution in [0.4, 0.5) is 4.39 Å². The number of nitrogens with zero attached hydrogens (tertiary/aromatic N) is 1. The molecule has 1 aliphatic heterocycles. The number of halogens is 1. The van der Waals surface area contributed by atoms with Gasteiger partial charge in [-0.05, 0) is 47.9 Å². The smallest absolute Gasteiger partial charge is 0.295 e. The van der Waals surface area contributed by atoms with Crippen molar-refractivity contribution in [1.29, 1.82) is 0 Å². The van der Waals surface area contributed by atoms with Crippen LogP contribution in [0, 0.1) is 5.82 Å². The van der Waals surface area contributed by atoms with Crippen molar-refractivity contribution in [1.82, 2.24) is 9.88 Å². The summed E-state index contributed by atoms with van der Waals surface area (Å²) in [7, 11) is 0. The Balaban J connectivity index is 1.55. The zero-order chi connectivity index (χ0) is 22.9. The van der Waals surface area contributed by atoms with E-state index in [1.165, 1.54) is 29.2 Å². The summed E-state index contributed by atoms with van der Waals surface area (Å²) in [6.45, 7) is 0.298. The number of ketones is 1. The molecule has 1 saturated heterocycles. The number of rotatable bonds is 5. The Hall–Kier alpha value is -4.19. The second-order valence-corrected chi connectivity index (χ2v) is 8.02. The van der Waals surface area contributed by atoms with Gasteiger partial charge in [-0.1, -0.05) is 48.5 Å². The normalized spacial score (nSPS) is 17.7. The molecule has 1 atom stereocenters. The number of para-hydroxylation sites is 1. The topological polar surface area (TPSA) is 73.4 Å². The standard InChI is InChI=1S/C27H21FN2O3/c28-20-12-10-18(11-13-20)25(31)23-24(17-6-2-1-3-7-17)30(27(33)26(23)32)15-14-19-16-29-22-9-5-4-8-21(19)22/h1-13,16,24,29,31H,14-15H2/b25-23+. The van der Waals surface area contributed by atoms with E-state index in [0.29, 0.717) is 13.0 Å². The highest BCUT2D eigenvalue weighted by Gasteiger charge is 2.45. The SMILES string of the molecule is O=C1C(=O)N(CCc2c[nH]c3ccccc23)C(c2ccccc2)/C1=C(\O)c1ccc(F)cc1. The summed E-state index contributed by atoms with van der Waals surface area (Å²) >= 11 is 0. The van der Waals surface area contributed by atoms with Crippen LogP contribution in [0.1, 0.15) is 22.7 Å². The average Bonchev–Trinajstić information content (AvgIpc) is 3.37. The number of hydrogen-bond acceptors (Lipinski definition) is 3. The number of benzene rings is 3. The van der Waals surface area contributed by atoms with E-state index in [-0.39, 0.29) is 16.9 Å². The third kappa shape index (κ3) is 3.69. The molecule has 0 aliphatic carbocycles. The fourth-order valence-electron chi connectivity index (χ4n) is 4.44. The quantitative estimate of drug-likeness (QED) is 0.261. The fraction of sp³-hybridized carbons (Fsp3) is 0.111. The van der Waals surface area contributed by atoms with Gasteiger partial charge in [-0.3, -0.25) is 9.59 Å². The molecule has 3 aromatic carbocycles. The Labute approximate surface area is 189 Å². The lowest BCUT2D eigenvalue weighted by Crippen LogP contribution is -2.31. The largest absolute Gasteiger partial charge is 0.507 e. The van der Waals surface area contributed by atoms with Crippen molar-refractivity contribution < 1.29 is 19.1 Å². The molecule has 1 aliphatic rings. The van der Waals surface area contributed by atoms with E-state index < -0.39 is 23.5 Å². The Morgan fingerprint density at radius 1 is 0.939 bits per heavy atom. The predicted molar refractivity (Wildman–Crippen MR) is 124 cm³/mol. The van der Waals surface area contributed by atoms with Crippen LogP contribution in [0.25, 0.3) is 16.7 Å². The number of H-pyrrole nitrogens is 1. The van der Waals surface area contributed by atoms with Crippen molar-refractivity contribution >= 4 is 28.4 Å². The van der Waals surface area contributed by atoms with E-state index in [1.54, 1.807) is 0 Å². The number of nitrogens with one attached hydrogen (secondary N) is 1. The maximum Gasteiger partial charge on any atom is 0.295 e. The van der Waals surface area contributed by atoms with Gasteiger partial charge in [0.25, 0.3) is 11.7 Å². The van der Waals surface area contributed by atoms with Crippen LogP contribution < -0.4 is 0 Å². The van der Waals surface area contributed by atoms with Crippen LogP contribution in [-0.4, -0.2) is 33.2 Å². The number of aromatic nitrogens is 1. The molecule has 0 spiro atoms. The molecule has 0 radical (unpaired) electrons. The predicted octanol–water partition coefficient (Wildman–Crippen LogP) is 4.97. The number of aliphatic hydroxyl groups is 1. The summed E-state index contributed by atoms with van der Waals surface area (Å²) in [6, 6.07) is 21.5. The molecule has 6 heteroatoms. The lowest BCUT2D eigenvalue weighted by molar-refractivity contribution is -0.139. The maximum atomic E-state index is 13.4. The van der Waals surface area contributed by atoms with Crippen LogP contribution in [0.15, 0.2) is 90.6 Å². The van der Waals surface area contributed by atoms with Crippen molar-refractivity contribution in [3.63, 3.8) is 0 Å². The molecule has 0 saturated carbocycles. The molecule has 1 unspecified atom stereocenters. The van der Waals surface area contributed by atoms with Crippen LogP contribution in [0.3, 0.4) is 0 Å². The van der Waals surface area contributed by atoms with Gasteiger partial charge in [0.05, 0.1) is 11.6 Å². The summed E-state index contributed by atoms with van der Waals surface area (Å²) in [5.41, 5.74) is 3.06. The molecular weight excluding hydrogens is 419 g/mol. The van der Waals surface area contributed by atoms with E-state index in [4.69, 9.17) is 0 Å². The number of fused-ring (bicyclic) bond motifs is 1. The minimum absolute atomic E-state index is 0.0109. The van der Waals surface area contributed by atoms with Crippen LogP contribution in [0.2, 0.25) is 0 Å². The van der Waals surface area contributed by atoms with Gasteiger partial charge >= 0.3 is 0 Å². The number of carbonyl (C=O) groups is 2. The Bertz CT molecular complexity index is 1370. The van der Waals surface area contributed by atoms with Crippen molar-refractivity contribution in [2.75, 3.05) is 6.54 Å². The summed E-state index contributed by atoms with van der Waals surface area (Å²) in [5, 5.41) is 12.1. The van der Waals surface area contributed by atoms with Crippen molar-refractivity contribution in [3.8, 4) is 0 Å². The van der Waals surface area contributed by atoms with Gasteiger partial charge in [-0.2, -0.15) is 0 Å². The molecule has 33 heavy (non-hydrogen) atoms. The molecule has 5 rings (SSSR count). The third-order valence-electron chi connectivity index (χ3n) is 6.07. The summed E-state index contributed by atoms with van der Waals surface area (Å²) < 4.78 is 13.4. The minimum atomic E-state index is -0.746. The molecule has 164 valence electrons. The van der Waals surface area contributed by atoms with Crippen molar-refractivity contribution in [2.45, 2.75) is 12.5 Å². The Kier molecular flexibility index (Phi) is 5.26. The minimum Gasteiger partial charge on any atom is -0.507 e. The number of amides is 1. The van der Waals surface area contributed by atoms with E-state index >= 15 is 0 Å². The maximum absolute atomic E-state index is 13.4. The summed E-state index contributed by atoms with van der Waals surface area (Å²) in [6.07, 6.45) is 2.45. The monoisotopic (exact) mass is 440 g/mol. The number of aliphatic hydroxyl groups excluding tert-OH is 1. The Morgan fingerprint density at radius 3 is 2.39 bits per heavy atom. The van der Waals surface area contributed by atoms with Gasteiger partial charge in [-0.15, -0.1) is 0 Å². The number of hydrogen-bond donors (Lipinski definition) is 2. The van der Waals surface area contributed by atoms with Gasteiger partial charge in [0.1, 0.15) is 11.6 Å². The highest BCUT2D eigenvalue weighted by atomic mass is 19.1. The first-order chi connectivity index (χ1) is 16.0. The van der Waals surface area contributed by atoms with E-state index in [2.05, 4.69) is 4.98 Å². The second-order valence-electron chi connectivity index (χ2n) is 8.02. The molecule has 2 heterocycles. The molecule has 0 bridgehead atoms. The molecule has 5 nitrogen and oxygen atoms in total. The highest BCUT2D eigenvalue weighted by Crippen LogP contribution is 2.39. The number of aromatic amines is 1.